The molecule has 2 unspecified atom stereocenters. The number of carbonyl (C=O) groups excluding carboxylic acids is 2. The van der Waals surface area contributed by atoms with E-state index in [4.69, 9.17) is 0 Å². The highest BCUT2D eigenvalue weighted by Gasteiger charge is 2.79. The van der Waals surface area contributed by atoms with Gasteiger partial charge in [-0.05, 0) is 56.6 Å². The molecule has 0 spiro atoms. The van der Waals surface area contributed by atoms with Crippen LogP contribution in [-0.4, -0.2) is 50.9 Å². The van der Waals surface area contributed by atoms with Gasteiger partial charge in [0.2, 0.25) is 0 Å². The second-order valence-corrected chi connectivity index (χ2v) is 10.4. The van der Waals surface area contributed by atoms with Crippen LogP contribution in [0.25, 0.3) is 0 Å². The summed E-state index contributed by atoms with van der Waals surface area (Å²) in [4.78, 5) is 24.6. The van der Waals surface area contributed by atoms with Crippen LogP contribution >= 0.6 is 0 Å². The molecular weight excluding hydrogens is 375 g/mol. The van der Waals surface area contributed by atoms with Gasteiger partial charge >= 0.3 is 0 Å². The highest BCUT2D eigenvalue weighted by Crippen LogP contribution is 2.75. The van der Waals surface area contributed by atoms with Crippen molar-refractivity contribution in [3.05, 3.63) is 23.8 Å². The molecule has 0 aromatic carbocycles. The van der Waals surface area contributed by atoms with Crippen molar-refractivity contribution < 1.29 is 29.3 Å². The third kappa shape index (κ3) is 2.06. The van der Waals surface area contributed by atoms with E-state index in [9.17, 15) is 24.9 Å². The summed E-state index contributed by atoms with van der Waals surface area (Å²) in [6, 6.07) is 0. The van der Waals surface area contributed by atoms with E-state index in [2.05, 4.69) is 0 Å². The molecule has 4 aliphatic rings. The molecule has 6 heteroatoms. The fourth-order valence-electron chi connectivity index (χ4n) is 7.87. The molecule has 0 amide bonds. The smallest absolute Gasteiger partial charge is 0.190 e. The van der Waals surface area contributed by atoms with Crippen molar-refractivity contribution in [2.75, 3.05) is 6.61 Å². The Labute approximate surface area is 170 Å². The van der Waals surface area contributed by atoms with Crippen LogP contribution in [0.2, 0.25) is 0 Å². The number of allylic oxidation sites excluding steroid dienone is 4. The third-order valence-corrected chi connectivity index (χ3v) is 9.42. The SMILES string of the molecule is C[C@@H]1C[C@H]2C3(C)CCC4=CC(=O)C=CC4(C)[C@@]3(F)[C@@H](O)C[C@]2(C)[C@@]1(O)C(=O)CO. The number of Topliss-reactive ketones (excluding diaryl/α,β-unsaturated/α-hetero) is 1. The van der Waals surface area contributed by atoms with Crippen molar-refractivity contribution in [1.29, 1.82) is 0 Å². The minimum Gasteiger partial charge on any atom is -0.390 e. The minimum absolute atomic E-state index is 0.0823. The molecule has 3 N–H and O–H groups in total. The molecule has 0 bridgehead atoms. The Hall–Kier alpha value is -1.37. The van der Waals surface area contributed by atoms with E-state index >= 15 is 4.39 Å². The lowest BCUT2D eigenvalue weighted by Gasteiger charge is -2.67. The van der Waals surface area contributed by atoms with Gasteiger partial charge in [0.1, 0.15) is 12.2 Å². The van der Waals surface area contributed by atoms with Crippen molar-refractivity contribution >= 4 is 11.6 Å². The predicted octanol–water partition coefficient (Wildman–Crippen LogP) is 2.29. The van der Waals surface area contributed by atoms with Crippen molar-refractivity contribution in [3.63, 3.8) is 0 Å². The van der Waals surface area contributed by atoms with Gasteiger partial charge in [0.05, 0.1) is 6.10 Å². The monoisotopic (exact) mass is 406 g/mol. The minimum atomic E-state index is -2.04. The third-order valence-electron chi connectivity index (χ3n) is 9.42. The zero-order chi connectivity index (χ0) is 21.6. The first kappa shape index (κ1) is 20.9. The quantitative estimate of drug-likeness (QED) is 0.654. The molecule has 3 fully saturated rings. The van der Waals surface area contributed by atoms with Gasteiger partial charge in [-0.25, -0.2) is 4.39 Å². The Balaban J connectivity index is 1.90. The fraction of sp³-hybridized carbons (Fsp3) is 0.739. The number of fused-ring (bicyclic) bond motifs is 5. The zero-order valence-corrected chi connectivity index (χ0v) is 17.5. The number of aliphatic hydroxyl groups excluding tert-OH is 2. The molecule has 8 atom stereocenters. The van der Waals surface area contributed by atoms with Crippen LogP contribution in [0.3, 0.4) is 0 Å². The van der Waals surface area contributed by atoms with Crippen molar-refractivity contribution in [1.82, 2.24) is 0 Å². The van der Waals surface area contributed by atoms with Crippen LogP contribution in [-0.2, 0) is 9.59 Å². The van der Waals surface area contributed by atoms with Crippen molar-refractivity contribution in [2.45, 2.75) is 70.8 Å². The maximum atomic E-state index is 17.2. The molecule has 0 aromatic rings. The molecular formula is C23H31FO5. The van der Waals surface area contributed by atoms with Crippen LogP contribution < -0.4 is 0 Å². The molecule has 29 heavy (non-hydrogen) atoms. The second kappa shape index (κ2) is 5.86. The Morgan fingerprint density at radius 1 is 1.28 bits per heavy atom. The standard InChI is InChI=1S/C23H31FO5/c1-13-9-16-20(3)7-5-14-10-15(26)6-8-19(14,2)23(20,24)17(27)11-21(16,4)22(13,29)18(28)12-25/h6,8,10,13,16-17,25,27,29H,5,7,9,11-12H2,1-4H3/t13-,16+,17+,19?,20?,21+,22+,23+/m1/s1. The Morgan fingerprint density at radius 3 is 2.55 bits per heavy atom. The van der Waals surface area contributed by atoms with Gasteiger partial charge in [-0.3, -0.25) is 9.59 Å². The average Bonchev–Trinajstić information content (AvgIpc) is 2.87. The lowest BCUT2D eigenvalue weighted by Crippen LogP contribution is -2.73. The first-order valence-electron chi connectivity index (χ1n) is 10.5. The molecule has 3 saturated carbocycles. The number of carbonyl (C=O) groups is 2. The van der Waals surface area contributed by atoms with Gasteiger partial charge in [0.25, 0.3) is 0 Å². The number of halogens is 1. The normalized spacial score (nSPS) is 53.7. The summed E-state index contributed by atoms with van der Waals surface area (Å²) in [5.74, 6) is -1.65. The number of hydrogen-bond donors (Lipinski definition) is 3. The molecule has 0 aromatic heterocycles. The van der Waals surface area contributed by atoms with Crippen molar-refractivity contribution in [3.8, 4) is 0 Å². The summed E-state index contributed by atoms with van der Waals surface area (Å²) in [5, 5.41) is 32.3. The number of rotatable bonds is 2. The topological polar surface area (TPSA) is 94.8 Å². The van der Waals surface area contributed by atoms with E-state index < -0.39 is 51.9 Å². The van der Waals surface area contributed by atoms with E-state index in [1.54, 1.807) is 26.8 Å². The number of aliphatic hydroxyl groups is 3. The lowest BCUT2D eigenvalue weighted by atomic mass is 9.39. The Kier molecular flexibility index (Phi) is 4.22. The zero-order valence-electron chi connectivity index (χ0n) is 17.5. The van der Waals surface area contributed by atoms with Gasteiger partial charge in [-0.15, -0.1) is 0 Å². The van der Waals surface area contributed by atoms with E-state index in [1.165, 1.54) is 12.2 Å². The van der Waals surface area contributed by atoms with Gasteiger partial charge in [-0.1, -0.05) is 32.4 Å². The van der Waals surface area contributed by atoms with Crippen LogP contribution in [0, 0.1) is 28.1 Å². The summed E-state index contributed by atoms with van der Waals surface area (Å²) in [7, 11) is 0. The maximum absolute atomic E-state index is 17.2. The second-order valence-electron chi connectivity index (χ2n) is 10.4. The molecule has 0 radical (unpaired) electrons. The average molecular weight is 406 g/mol. The van der Waals surface area contributed by atoms with E-state index in [-0.39, 0.29) is 18.1 Å². The predicted molar refractivity (Wildman–Crippen MR) is 105 cm³/mol. The molecule has 160 valence electrons. The maximum Gasteiger partial charge on any atom is 0.190 e. The van der Waals surface area contributed by atoms with E-state index in [1.807, 2.05) is 6.92 Å². The first-order valence-corrected chi connectivity index (χ1v) is 10.5. The number of alkyl halides is 1. The molecule has 0 heterocycles. The Bertz CT molecular complexity index is 850. The van der Waals surface area contributed by atoms with Crippen molar-refractivity contribution in [2.24, 2.45) is 28.1 Å². The van der Waals surface area contributed by atoms with Crippen LogP contribution in [0.5, 0.6) is 0 Å². The summed E-state index contributed by atoms with van der Waals surface area (Å²) in [5.41, 5.74) is -6.35. The summed E-state index contributed by atoms with van der Waals surface area (Å²) >= 11 is 0. The first-order chi connectivity index (χ1) is 13.3. The lowest BCUT2D eigenvalue weighted by molar-refractivity contribution is -0.255. The molecule has 4 aliphatic carbocycles. The molecule has 4 rings (SSSR count). The van der Waals surface area contributed by atoms with Gasteiger partial charge in [-0.2, -0.15) is 0 Å². The van der Waals surface area contributed by atoms with Crippen LogP contribution in [0.15, 0.2) is 23.8 Å². The van der Waals surface area contributed by atoms with E-state index in [0.29, 0.717) is 24.8 Å². The number of hydrogen-bond acceptors (Lipinski definition) is 5. The van der Waals surface area contributed by atoms with Crippen LogP contribution in [0.4, 0.5) is 4.39 Å². The van der Waals surface area contributed by atoms with Crippen LogP contribution in [0.1, 0.15) is 53.4 Å². The summed E-state index contributed by atoms with van der Waals surface area (Å²) in [6.07, 6.45) is 4.33. The fourth-order valence-corrected chi connectivity index (χ4v) is 7.87. The van der Waals surface area contributed by atoms with Gasteiger partial charge in [0, 0.05) is 16.2 Å². The molecule has 5 nitrogen and oxygen atoms in total. The molecule has 0 aliphatic heterocycles. The highest BCUT2D eigenvalue weighted by molar-refractivity contribution is 6.01. The summed E-state index contributed by atoms with van der Waals surface area (Å²) < 4.78 is 17.2. The largest absolute Gasteiger partial charge is 0.390 e. The molecule has 0 saturated heterocycles. The number of ketones is 2. The van der Waals surface area contributed by atoms with E-state index in [0.717, 1.165) is 0 Å². The van der Waals surface area contributed by atoms with Gasteiger partial charge in [0.15, 0.2) is 17.2 Å². The Morgan fingerprint density at radius 2 is 1.93 bits per heavy atom. The highest BCUT2D eigenvalue weighted by atomic mass is 19.1. The summed E-state index contributed by atoms with van der Waals surface area (Å²) in [6.45, 7) is 6.31. The van der Waals surface area contributed by atoms with Gasteiger partial charge < -0.3 is 15.3 Å².